The monoisotopic (exact) mass is 410 g/mol. The number of nitrogens with one attached hydrogen (secondary N) is 3. The van der Waals surface area contributed by atoms with E-state index in [4.69, 9.17) is 16.3 Å². The van der Waals surface area contributed by atoms with Gasteiger partial charge < -0.3 is 15.4 Å². The van der Waals surface area contributed by atoms with Crippen molar-refractivity contribution in [2.75, 3.05) is 20.2 Å². The highest BCUT2D eigenvalue weighted by atomic mass is 35.5. The Morgan fingerprint density at radius 3 is 2.86 bits per heavy atom. The van der Waals surface area contributed by atoms with Crippen molar-refractivity contribution in [1.29, 1.82) is 0 Å². The van der Waals surface area contributed by atoms with Crippen molar-refractivity contribution in [3.63, 3.8) is 0 Å². The molecule has 28 heavy (non-hydrogen) atoms. The Kier molecular flexibility index (Phi) is 5.20. The molecule has 3 aliphatic carbocycles. The predicted molar refractivity (Wildman–Crippen MR) is 101 cm³/mol. The molecule has 9 heteroatoms. The van der Waals surface area contributed by atoms with Crippen LogP contribution >= 0.6 is 11.6 Å². The Morgan fingerprint density at radius 1 is 1.39 bits per heavy atom. The van der Waals surface area contributed by atoms with Gasteiger partial charge in [-0.25, -0.2) is 14.8 Å². The fraction of sp³-hybridized carbons (Fsp3) is 0.579. The number of benzene rings is 1. The minimum Gasteiger partial charge on any atom is -0.484 e. The van der Waals surface area contributed by atoms with Gasteiger partial charge in [0.1, 0.15) is 17.6 Å². The van der Waals surface area contributed by atoms with E-state index < -0.39 is 5.82 Å². The molecule has 0 radical (unpaired) electrons. The first kappa shape index (κ1) is 19.4. The molecule has 1 aliphatic heterocycles. The van der Waals surface area contributed by atoms with Gasteiger partial charge in [-0.05, 0) is 43.7 Å². The number of hydrazine groups is 1. The van der Waals surface area contributed by atoms with Gasteiger partial charge in [0.2, 0.25) is 5.91 Å². The Balaban J connectivity index is 1.24. The molecule has 4 aliphatic rings. The number of carbonyl (C=O) groups is 2. The summed E-state index contributed by atoms with van der Waals surface area (Å²) in [5.74, 6) is -0.185. The Morgan fingerprint density at radius 2 is 2.18 bits per heavy atom. The fourth-order valence-corrected chi connectivity index (χ4v) is 4.64. The third-order valence-electron chi connectivity index (χ3n) is 5.93. The second-order valence-electron chi connectivity index (χ2n) is 8.07. The third-order valence-corrected chi connectivity index (χ3v) is 6.23. The van der Waals surface area contributed by atoms with Crippen LogP contribution in [0.1, 0.15) is 25.7 Å². The zero-order chi connectivity index (χ0) is 19.9. The summed E-state index contributed by atoms with van der Waals surface area (Å²) in [7, 11) is 1.92. The molecular formula is C19H24ClFN4O3. The molecule has 152 valence electrons. The summed E-state index contributed by atoms with van der Waals surface area (Å²) in [6, 6.07) is 3.91. The molecule has 2 bridgehead atoms. The minimum atomic E-state index is -0.586. The molecule has 1 aromatic carbocycles. The Hall–Kier alpha value is -1.90. The van der Waals surface area contributed by atoms with E-state index in [-0.39, 0.29) is 46.8 Å². The van der Waals surface area contributed by atoms with Gasteiger partial charge in [0.15, 0.2) is 6.61 Å². The van der Waals surface area contributed by atoms with Gasteiger partial charge in [-0.15, -0.1) is 0 Å². The molecule has 1 aromatic rings. The van der Waals surface area contributed by atoms with Crippen molar-refractivity contribution in [3.05, 3.63) is 29.0 Å². The van der Waals surface area contributed by atoms with E-state index in [2.05, 4.69) is 16.1 Å². The van der Waals surface area contributed by atoms with E-state index in [1.807, 2.05) is 12.1 Å². The number of amides is 2. The first-order valence-corrected chi connectivity index (χ1v) is 9.88. The van der Waals surface area contributed by atoms with Crippen molar-refractivity contribution in [3.8, 4) is 5.75 Å². The lowest BCUT2D eigenvalue weighted by Crippen LogP contribution is -2.56. The fourth-order valence-electron chi connectivity index (χ4n) is 4.52. The van der Waals surface area contributed by atoms with Gasteiger partial charge in [-0.3, -0.25) is 9.59 Å². The highest BCUT2D eigenvalue weighted by Gasteiger charge is 2.57. The average Bonchev–Trinajstić information content (AvgIpc) is 3.28. The number of ether oxygens (including phenoxy) is 1. The van der Waals surface area contributed by atoms with Gasteiger partial charge in [-0.1, -0.05) is 11.6 Å². The summed E-state index contributed by atoms with van der Waals surface area (Å²) in [4.78, 5) is 24.7. The van der Waals surface area contributed by atoms with Crippen LogP contribution in [0.3, 0.4) is 0 Å². The zero-order valence-corrected chi connectivity index (χ0v) is 16.4. The van der Waals surface area contributed by atoms with E-state index in [1.165, 1.54) is 12.1 Å². The number of nitrogens with zero attached hydrogens (tertiary/aromatic N) is 1. The van der Waals surface area contributed by atoms with Crippen molar-refractivity contribution in [2.24, 2.45) is 5.92 Å². The normalized spacial score (nSPS) is 31.3. The standard InChI is InChI=1S/C19H24ClFN4O3/c1-25-5-4-15(24-25)18(27)23-19-7-11(8-19)16(9-19)22-17(26)10-28-12-2-3-13(20)14(21)6-12/h2-3,6,11,15-16,24H,4-5,7-10H2,1H3,(H,22,26)(H,23,27). The van der Waals surface area contributed by atoms with E-state index in [0.29, 0.717) is 5.92 Å². The summed E-state index contributed by atoms with van der Waals surface area (Å²) >= 11 is 5.63. The molecule has 1 saturated heterocycles. The van der Waals surface area contributed by atoms with Crippen molar-refractivity contribution in [2.45, 2.75) is 43.3 Å². The van der Waals surface area contributed by atoms with Crippen molar-refractivity contribution < 1.29 is 18.7 Å². The van der Waals surface area contributed by atoms with Crippen LogP contribution in [0.2, 0.25) is 5.02 Å². The number of carbonyl (C=O) groups excluding carboxylic acids is 2. The molecule has 3 N–H and O–H groups in total. The minimum absolute atomic E-state index is 0.00864. The molecule has 0 aromatic heterocycles. The second kappa shape index (κ2) is 7.50. The molecule has 0 spiro atoms. The van der Waals surface area contributed by atoms with Crippen LogP contribution in [-0.4, -0.2) is 54.6 Å². The topological polar surface area (TPSA) is 82.7 Å². The summed E-state index contributed by atoms with van der Waals surface area (Å²) in [6.45, 7) is 0.659. The van der Waals surface area contributed by atoms with Crippen LogP contribution in [0.5, 0.6) is 5.75 Å². The third kappa shape index (κ3) is 3.94. The summed E-state index contributed by atoms with van der Waals surface area (Å²) in [5.41, 5.74) is 2.94. The van der Waals surface area contributed by atoms with Crippen molar-refractivity contribution in [1.82, 2.24) is 21.1 Å². The summed E-state index contributed by atoms with van der Waals surface area (Å²) in [5, 5.41) is 8.11. The summed E-state index contributed by atoms with van der Waals surface area (Å²) < 4.78 is 18.8. The first-order valence-electron chi connectivity index (χ1n) is 9.50. The number of halogens is 2. The molecule has 2 amide bonds. The largest absolute Gasteiger partial charge is 0.484 e. The zero-order valence-electron chi connectivity index (χ0n) is 15.6. The van der Waals surface area contributed by atoms with E-state index in [1.54, 1.807) is 0 Å². The number of hydrogen-bond acceptors (Lipinski definition) is 5. The molecule has 2 unspecified atom stereocenters. The molecule has 7 nitrogen and oxygen atoms in total. The quantitative estimate of drug-likeness (QED) is 0.657. The van der Waals surface area contributed by atoms with Crippen LogP contribution in [0.25, 0.3) is 0 Å². The number of fused-ring (bicyclic) bond motifs is 1. The van der Waals surface area contributed by atoms with E-state index in [0.717, 1.165) is 38.3 Å². The van der Waals surface area contributed by atoms with Gasteiger partial charge in [0.25, 0.3) is 5.91 Å². The lowest BCUT2D eigenvalue weighted by molar-refractivity contribution is -0.126. The highest BCUT2D eigenvalue weighted by Crippen LogP contribution is 2.52. The van der Waals surface area contributed by atoms with E-state index in [9.17, 15) is 14.0 Å². The van der Waals surface area contributed by atoms with Crippen molar-refractivity contribution >= 4 is 23.4 Å². The van der Waals surface area contributed by atoms with Gasteiger partial charge in [0.05, 0.1) is 5.02 Å². The Bertz CT molecular complexity index is 786. The number of hydrogen-bond donors (Lipinski definition) is 3. The maximum atomic E-state index is 13.4. The van der Waals surface area contributed by atoms with Gasteiger partial charge in [0, 0.05) is 31.2 Å². The Labute approximate surface area is 167 Å². The SMILES string of the molecule is CN1CCC(C(=O)NC23CC(C2)C(NC(=O)COc2ccc(Cl)c(F)c2)C3)N1. The maximum Gasteiger partial charge on any atom is 0.258 e. The highest BCUT2D eigenvalue weighted by molar-refractivity contribution is 6.30. The predicted octanol–water partition coefficient (Wildman–Crippen LogP) is 1.22. The molecular weight excluding hydrogens is 387 g/mol. The lowest BCUT2D eigenvalue weighted by Gasteiger charge is -2.39. The van der Waals surface area contributed by atoms with Gasteiger partial charge >= 0.3 is 0 Å². The maximum absolute atomic E-state index is 13.4. The average molecular weight is 411 g/mol. The van der Waals surface area contributed by atoms with Crippen LogP contribution in [0.4, 0.5) is 4.39 Å². The molecule has 3 saturated carbocycles. The van der Waals surface area contributed by atoms with Crippen LogP contribution < -0.4 is 20.8 Å². The smallest absolute Gasteiger partial charge is 0.258 e. The number of rotatable bonds is 6. The van der Waals surface area contributed by atoms with E-state index >= 15 is 0 Å². The molecule has 4 fully saturated rings. The van der Waals surface area contributed by atoms with Crippen LogP contribution in [0, 0.1) is 11.7 Å². The second-order valence-corrected chi connectivity index (χ2v) is 8.48. The van der Waals surface area contributed by atoms with Gasteiger partial charge in [-0.2, -0.15) is 0 Å². The summed E-state index contributed by atoms with van der Waals surface area (Å²) in [6.07, 6.45) is 3.29. The molecule has 5 rings (SSSR count). The van der Waals surface area contributed by atoms with Crippen LogP contribution in [0.15, 0.2) is 18.2 Å². The molecule has 2 atom stereocenters. The lowest BCUT2D eigenvalue weighted by atomic mass is 9.76. The first-order chi connectivity index (χ1) is 13.3. The van der Waals surface area contributed by atoms with Crippen LogP contribution in [-0.2, 0) is 9.59 Å². The molecule has 1 heterocycles.